The van der Waals surface area contributed by atoms with Gasteiger partial charge in [0.25, 0.3) is 0 Å². The predicted octanol–water partition coefficient (Wildman–Crippen LogP) is 4.24. The molecule has 0 bridgehead atoms. The molecule has 0 unspecified atom stereocenters. The standard InChI is InChI=1S/C28H26N6O2/c35-26(18-34-11-13-36-14-12-34)31-24-7-3-1-5-22(24)28-32-25-8-4-2-6-23(25)27(33-28)30-21-10-9-19-16-29-17-20(19)15-21/h1-10,15,17H,11-14,16,18H2,(H,31,35)(H,30,32,33). The van der Waals surface area contributed by atoms with E-state index in [1.165, 1.54) is 5.56 Å². The second kappa shape index (κ2) is 9.85. The number of morpholine rings is 1. The van der Waals surface area contributed by atoms with Crippen LogP contribution < -0.4 is 10.6 Å². The van der Waals surface area contributed by atoms with Crippen molar-refractivity contribution >= 4 is 40.2 Å². The molecule has 2 aliphatic rings. The summed E-state index contributed by atoms with van der Waals surface area (Å²) < 4.78 is 5.38. The van der Waals surface area contributed by atoms with E-state index in [2.05, 4.69) is 32.7 Å². The highest BCUT2D eigenvalue weighted by atomic mass is 16.5. The lowest BCUT2D eigenvalue weighted by molar-refractivity contribution is -0.118. The zero-order chi connectivity index (χ0) is 24.3. The van der Waals surface area contributed by atoms with Crippen LogP contribution in [0.4, 0.5) is 17.2 Å². The number of benzene rings is 3. The topological polar surface area (TPSA) is 91.7 Å². The van der Waals surface area contributed by atoms with Gasteiger partial charge in [0.15, 0.2) is 5.82 Å². The van der Waals surface area contributed by atoms with Gasteiger partial charge in [0, 0.05) is 35.9 Å². The molecule has 1 amide bonds. The summed E-state index contributed by atoms with van der Waals surface area (Å²) in [5.74, 6) is 1.18. The van der Waals surface area contributed by atoms with Crippen molar-refractivity contribution in [3.8, 4) is 11.4 Å². The quantitative estimate of drug-likeness (QED) is 0.431. The van der Waals surface area contributed by atoms with E-state index in [0.29, 0.717) is 37.1 Å². The minimum absolute atomic E-state index is 0.0664. The van der Waals surface area contributed by atoms with Crippen molar-refractivity contribution in [3.63, 3.8) is 0 Å². The Morgan fingerprint density at radius 1 is 0.972 bits per heavy atom. The molecule has 1 fully saturated rings. The lowest BCUT2D eigenvalue weighted by Gasteiger charge is -2.26. The fourth-order valence-corrected chi connectivity index (χ4v) is 4.55. The third-order valence-electron chi connectivity index (χ3n) is 6.42. The molecule has 180 valence electrons. The molecule has 0 spiro atoms. The number of carbonyl (C=O) groups excluding carboxylic acids is 1. The summed E-state index contributed by atoms with van der Waals surface area (Å²) in [4.78, 5) is 29.0. The Morgan fingerprint density at radius 2 is 1.81 bits per heavy atom. The molecule has 8 heteroatoms. The summed E-state index contributed by atoms with van der Waals surface area (Å²) in [6.07, 6.45) is 1.90. The van der Waals surface area contributed by atoms with Crippen LogP contribution in [-0.4, -0.2) is 59.8 Å². The molecule has 36 heavy (non-hydrogen) atoms. The molecule has 1 aromatic heterocycles. The van der Waals surface area contributed by atoms with Gasteiger partial charge in [-0.25, -0.2) is 9.97 Å². The summed E-state index contributed by atoms with van der Waals surface area (Å²) in [5, 5.41) is 7.47. The Bertz CT molecular complexity index is 1460. The maximum Gasteiger partial charge on any atom is 0.238 e. The summed E-state index contributed by atoms with van der Waals surface area (Å²) in [6, 6.07) is 21.8. The van der Waals surface area contributed by atoms with Gasteiger partial charge in [-0.15, -0.1) is 0 Å². The molecule has 3 aromatic carbocycles. The third-order valence-corrected chi connectivity index (χ3v) is 6.42. The van der Waals surface area contributed by atoms with Crippen molar-refractivity contribution in [2.24, 2.45) is 4.99 Å². The predicted molar refractivity (Wildman–Crippen MR) is 142 cm³/mol. The molecular formula is C28H26N6O2. The molecule has 0 radical (unpaired) electrons. The first-order chi connectivity index (χ1) is 17.7. The number of hydrogen-bond acceptors (Lipinski definition) is 7. The van der Waals surface area contributed by atoms with Crippen LogP contribution in [0.15, 0.2) is 71.7 Å². The SMILES string of the molecule is O=C(CN1CCOCC1)Nc1ccccc1-c1nc(Nc2ccc3c(c2)C=NC3)c2ccccc2n1. The number of fused-ring (bicyclic) bond motifs is 2. The average molecular weight is 479 g/mol. The molecular weight excluding hydrogens is 452 g/mol. The molecule has 3 heterocycles. The number of anilines is 3. The Morgan fingerprint density at radius 3 is 2.72 bits per heavy atom. The van der Waals surface area contributed by atoms with Gasteiger partial charge < -0.3 is 15.4 Å². The van der Waals surface area contributed by atoms with Crippen LogP contribution >= 0.6 is 0 Å². The van der Waals surface area contributed by atoms with E-state index in [9.17, 15) is 4.79 Å². The van der Waals surface area contributed by atoms with E-state index >= 15 is 0 Å². The highest BCUT2D eigenvalue weighted by Crippen LogP contribution is 2.31. The number of nitrogens with zero attached hydrogens (tertiary/aromatic N) is 4. The zero-order valence-corrected chi connectivity index (χ0v) is 19.8. The minimum Gasteiger partial charge on any atom is -0.379 e. The van der Waals surface area contributed by atoms with Crippen LogP contribution in [-0.2, 0) is 16.1 Å². The van der Waals surface area contributed by atoms with E-state index in [4.69, 9.17) is 14.7 Å². The number of hydrogen-bond donors (Lipinski definition) is 2. The maximum absolute atomic E-state index is 12.8. The van der Waals surface area contributed by atoms with Gasteiger partial charge >= 0.3 is 0 Å². The second-order valence-corrected chi connectivity index (χ2v) is 8.90. The zero-order valence-electron chi connectivity index (χ0n) is 19.8. The summed E-state index contributed by atoms with van der Waals surface area (Å²) >= 11 is 0. The van der Waals surface area contributed by atoms with E-state index < -0.39 is 0 Å². The van der Waals surface area contributed by atoms with Crippen molar-refractivity contribution in [2.75, 3.05) is 43.5 Å². The van der Waals surface area contributed by atoms with Crippen molar-refractivity contribution < 1.29 is 9.53 Å². The monoisotopic (exact) mass is 478 g/mol. The molecule has 1 saturated heterocycles. The Balaban J connectivity index is 1.33. The first-order valence-electron chi connectivity index (χ1n) is 12.1. The number of aromatic nitrogens is 2. The van der Waals surface area contributed by atoms with Crippen LogP contribution in [0.25, 0.3) is 22.3 Å². The summed E-state index contributed by atoms with van der Waals surface area (Å²) in [6.45, 7) is 3.87. The second-order valence-electron chi connectivity index (χ2n) is 8.90. The van der Waals surface area contributed by atoms with Gasteiger partial charge in [-0.2, -0.15) is 0 Å². The Hall–Kier alpha value is -4.14. The normalized spacial score (nSPS) is 15.1. The average Bonchev–Trinajstić information content (AvgIpc) is 3.37. The molecule has 0 atom stereocenters. The molecule has 2 N–H and O–H groups in total. The van der Waals surface area contributed by atoms with Crippen LogP contribution in [0.5, 0.6) is 0 Å². The molecule has 4 aromatic rings. The van der Waals surface area contributed by atoms with Crippen molar-refractivity contribution in [3.05, 3.63) is 77.9 Å². The highest BCUT2D eigenvalue weighted by molar-refractivity contribution is 5.98. The van der Waals surface area contributed by atoms with Crippen molar-refractivity contribution in [1.82, 2.24) is 14.9 Å². The maximum atomic E-state index is 12.8. The van der Waals surface area contributed by atoms with Gasteiger partial charge in [0.2, 0.25) is 5.91 Å². The number of rotatable bonds is 6. The number of ether oxygens (including phenoxy) is 1. The summed E-state index contributed by atoms with van der Waals surface area (Å²) in [5.41, 5.74) is 5.54. The van der Waals surface area contributed by atoms with Crippen molar-refractivity contribution in [2.45, 2.75) is 6.54 Å². The van der Waals surface area contributed by atoms with Gasteiger partial charge in [-0.3, -0.25) is 14.7 Å². The van der Waals surface area contributed by atoms with Gasteiger partial charge in [-0.05, 0) is 47.5 Å². The summed E-state index contributed by atoms with van der Waals surface area (Å²) in [7, 11) is 0. The Kier molecular flexibility index (Phi) is 6.11. The molecule has 0 aliphatic carbocycles. The lowest BCUT2D eigenvalue weighted by Crippen LogP contribution is -2.41. The fourth-order valence-electron chi connectivity index (χ4n) is 4.55. The van der Waals surface area contributed by atoms with Crippen LogP contribution in [0.3, 0.4) is 0 Å². The molecule has 6 rings (SSSR count). The first-order valence-corrected chi connectivity index (χ1v) is 12.1. The number of para-hydroxylation sites is 2. The van der Waals surface area contributed by atoms with Crippen LogP contribution in [0.2, 0.25) is 0 Å². The van der Waals surface area contributed by atoms with E-state index in [0.717, 1.165) is 47.4 Å². The number of carbonyl (C=O) groups is 1. The van der Waals surface area contributed by atoms with Crippen molar-refractivity contribution in [1.29, 1.82) is 0 Å². The van der Waals surface area contributed by atoms with Gasteiger partial charge in [0.05, 0.1) is 37.5 Å². The van der Waals surface area contributed by atoms with E-state index in [-0.39, 0.29) is 5.91 Å². The number of nitrogens with one attached hydrogen (secondary N) is 2. The first kappa shape index (κ1) is 22.3. The molecule has 0 saturated carbocycles. The van der Waals surface area contributed by atoms with Crippen LogP contribution in [0.1, 0.15) is 11.1 Å². The smallest absolute Gasteiger partial charge is 0.238 e. The molecule has 8 nitrogen and oxygen atoms in total. The lowest BCUT2D eigenvalue weighted by atomic mass is 10.1. The third kappa shape index (κ3) is 4.68. The van der Waals surface area contributed by atoms with E-state index in [1.54, 1.807) is 0 Å². The minimum atomic E-state index is -0.0664. The van der Waals surface area contributed by atoms with Crippen LogP contribution in [0, 0.1) is 0 Å². The van der Waals surface area contributed by atoms with Gasteiger partial charge in [-0.1, -0.05) is 30.3 Å². The largest absolute Gasteiger partial charge is 0.379 e. The van der Waals surface area contributed by atoms with E-state index in [1.807, 2.05) is 60.8 Å². The van der Waals surface area contributed by atoms with Gasteiger partial charge in [0.1, 0.15) is 5.82 Å². The Labute approximate surface area is 209 Å². The number of amides is 1. The fraction of sp³-hybridized carbons (Fsp3) is 0.214. The number of aliphatic imine (C=N–C) groups is 1. The molecule has 2 aliphatic heterocycles. The highest BCUT2D eigenvalue weighted by Gasteiger charge is 2.17.